The van der Waals surface area contributed by atoms with Crippen LogP contribution in [-0.4, -0.2) is 52.9 Å². The van der Waals surface area contributed by atoms with Gasteiger partial charge in [0.15, 0.2) is 0 Å². The van der Waals surface area contributed by atoms with E-state index in [1.165, 1.54) is 44.9 Å². The van der Waals surface area contributed by atoms with Crippen LogP contribution in [0.5, 0.6) is 0 Å². The molecular formula is C17H34INO2. The molecule has 0 aromatic heterocycles. The van der Waals surface area contributed by atoms with Crippen molar-refractivity contribution < 1.29 is 9.84 Å². The van der Waals surface area contributed by atoms with Crippen LogP contribution >= 0.6 is 22.6 Å². The molecule has 21 heavy (non-hydrogen) atoms. The smallest absolute Gasteiger partial charge is 0.0571 e. The number of hydrogen-bond acceptors (Lipinski definition) is 3. The van der Waals surface area contributed by atoms with E-state index in [9.17, 15) is 5.11 Å². The van der Waals surface area contributed by atoms with E-state index in [1.54, 1.807) is 0 Å². The topological polar surface area (TPSA) is 32.7 Å². The lowest BCUT2D eigenvalue weighted by Crippen LogP contribution is -2.40. The number of halogens is 1. The van der Waals surface area contributed by atoms with Gasteiger partial charge in [0.2, 0.25) is 0 Å². The van der Waals surface area contributed by atoms with Crippen molar-refractivity contribution in [2.75, 3.05) is 26.8 Å². The van der Waals surface area contributed by atoms with E-state index in [4.69, 9.17) is 4.74 Å². The highest BCUT2D eigenvalue weighted by Gasteiger charge is 2.24. The van der Waals surface area contributed by atoms with Gasteiger partial charge in [0.1, 0.15) is 0 Å². The van der Waals surface area contributed by atoms with Gasteiger partial charge in [-0.3, -0.25) is 4.90 Å². The highest BCUT2D eigenvalue weighted by atomic mass is 127. The predicted octanol–water partition coefficient (Wildman–Crippen LogP) is 3.87. The summed E-state index contributed by atoms with van der Waals surface area (Å²) in [6.45, 7) is 6.84. The van der Waals surface area contributed by atoms with Crippen LogP contribution in [0.2, 0.25) is 0 Å². The van der Waals surface area contributed by atoms with Crippen molar-refractivity contribution in [2.24, 2.45) is 5.92 Å². The Morgan fingerprint density at radius 2 is 1.90 bits per heavy atom. The third-order valence-corrected chi connectivity index (χ3v) is 6.47. The second-order valence-electron chi connectivity index (χ2n) is 6.53. The molecule has 0 amide bonds. The number of methoxy groups -OCH3 is 1. The first-order valence-corrected chi connectivity index (χ1v) is 9.87. The van der Waals surface area contributed by atoms with Gasteiger partial charge >= 0.3 is 0 Å². The Kier molecular flexibility index (Phi) is 10.5. The quantitative estimate of drug-likeness (QED) is 0.438. The minimum Gasteiger partial charge on any atom is -0.395 e. The molecule has 0 saturated heterocycles. The number of nitrogens with zero attached hydrogens (tertiary/aromatic N) is 1. The zero-order valence-electron chi connectivity index (χ0n) is 14.1. The summed E-state index contributed by atoms with van der Waals surface area (Å²) in [6, 6.07) is 0.584. The van der Waals surface area contributed by atoms with Gasteiger partial charge in [-0.1, -0.05) is 29.5 Å². The lowest BCUT2D eigenvalue weighted by molar-refractivity contribution is 0.0432. The van der Waals surface area contributed by atoms with Gasteiger partial charge in [-0.25, -0.2) is 0 Å². The molecule has 2 unspecified atom stereocenters. The molecule has 2 atom stereocenters. The van der Waals surface area contributed by atoms with Crippen LogP contribution in [-0.2, 0) is 4.74 Å². The maximum absolute atomic E-state index is 9.36. The van der Waals surface area contributed by atoms with Crippen molar-refractivity contribution in [3.8, 4) is 0 Å². The number of ether oxygens (including phenoxy) is 1. The Hall–Kier alpha value is 0.610. The molecule has 1 fully saturated rings. The maximum Gasteiger partial charge on any atom is 0.0571 e. The van der Waals surface area contributed by atoms with Crippen molar-refractivity contribution in [1.82, 2.24) is 4.90 Å². The zero-order chi connectivity index (χ0) is 15.7. The molecule has 0 spiro atoms. The molecule has 0 heterocycles. The van der Waals surface area contributed by atoms with Crippen molar-refractivity contribution in [3.05, 3.63) is 0 Å². The van der Waals surface area contributed by atoms with Crippen LogP contribution in [0.15, 0.2) is 0 Å². The molecule has 1 rings (SSSR count). The van der Waals surface area contributed by atoms with E-state index in [1.807, 2.05) is 7.11 Å². The first kappa shape index (κ1) is 19.7. The Morgan fingerprint density at radius 3 is 2.43 bits per heavy atom. The fourth-order valence-corrected chi connectivity index (χ4v) is 3.67. The predicted molar refractivity (Wildman–Crippen MR) is 98.2 cm³/mol. The van der Waals surface area contributed by atoms with Crippen LogP contribution in [0, 0.1) is 5.92 Å². The van der Waals surface area contributed by atoms with Crippen molar-refractivity contribution in [3.63, 3.8) is 0 Å². The zero-order valence-corrected chi connectivity index (χ0v) is 16.2. The van der Waals surface area contributed by atoms with Gasteiger partial charge in [0, 0.05) is 30.2 Å². The molecule has 1 aliphatic carbocycles. The maximum atomic E-state index is 9.36. The second kappa shape index (κ2) is 11.2. The van der Waals surface area contributed by atoms with E-state index in [2.05, 4.69) is 41.3 Å². The number of alkyl halides is 1. The van der Waals surface area contributed by atoms with Gasteiger partial charge in [0.05, 0.1) is 12.7 Å². The first-order chi connectivity index (χ1) is 10.1. The Labute approximate surface area is 145 Å². The molecule has 1 N–H and O–H groups in total. The summed E-state index contributed by atoms with van der Waals surface area (Å²) in [5.41, 5.74) is 0. The number of aliphatic hydroxyl groups excluding tert-OH is 1. The van der Waals surface area contributed by atoms with Crippen LogP contribution in [0.4, 0.5) is 0 Å². The van der Waals surface area contributed by atoms with Crippen molar-refractivity contribution >= 4 is 22.6 Å². The highest BCUT2D eigenvalue weighted by Crippen LogP contribution is 2.27. The molecule has 0 bridgehead atoms. The third-order valence-electron chi connectivity index (χ3n) is 4.97. The van der Waals surface area contributed by atoms with E-state index in [0.29, 0.717) is 12.1 Å². The van der Waals surface area contributed by atoms with Gasteiger partial charge in [-0.2, -0.15) is 0 Å². The molecule has 0 radical (unpaired) electrons. The largest absolute Gasteiger partial charge is 0.395 e. The summed E-state index contributed by atoms with van der Waals surface area (Å²) in [5, 5.41) is 9.36. The van der Waals surface area contributed by atoms with Crippen LogP contribution in [0.3, 0.4) is 0 Å². The minimum absolute atomic E-state index is 0.277. The van der Waals surface area contributed by atoms with E-state index >= 15 is 0 Å². The standard InChI is InChI=1S/C17H34INO2/c1-4-16(18)8-5-14(2)19(11-12-20)13-15-6-9-17(21-3)10-7-15/h14-17,20H,4-13H2,1-3H3. The van der Waals surface area contributed by atoms with Crippen molar-refractivity contribution in [2.45, 2.75) is 74.9 Å². The average molecular weight is 411 g/mol. The summed E-state index contributed by atoms with van der Waals surface area (Å²) in [6.07, 6.45) is 9.23. The number of aliphatic hydroxyl groups is 1. The Morgan fingerprint density at radius 1 is 1.24 bits per heavy atom. The second-order valence-corrected chi connectivity index (χ2v) is 8.29. The molecule has 0 aromatic carbocycles. The molecule has 3 nitrogen and oxygen atoms in total. The van der Waals surface area contributed by atoms with E-state index in [-0.39, 0.29) is 6.61 Å². The summed E-state index contributed by atoms with van der Waals surface area (Å²) < 4.78 is 6.25. The lowest BCUT2D eigenvalue weighted by atomic mass is 9.86. The Balaban J connectivity index is 2.38. The van der Waals surface area contributed by atoms with E-state index < -0.39 is 0 Å². The SMILES string of the molecule is CCC(I)CCC(C)N(CCO)CC1CCC(OC)CC1. The lowest BCUT2D eigenvalue weighted by Gasteiger charge is -2.35. The fourth-order valence-electron chi connectivity index (χ4n) is 3.31. The molecule has 0 aliphatic heterocycles. The molecule has 126 valence electrons. The third kappa shape index (κ3) is 7.62. The summed E-state index contributed by atoms with van der Waals surface area (Å²) in [4.78, 5) is 2.51. The van der Waals surface area contributed by atoms with Crippen molar-refractivity contribution in [1.29, 1.82) is 0 Å². The normalized spacial score (nSPS) is 26.0. The van der Waals surface area contributed by atoms with Gasteiger partial charge in [-0.05, 0) is 57.8 Å². The monoisotopic (exact) mass is 411 g/mol. The summed E-state index contributed by atoms with van der Waals surface area (Å²) >= 11 is 2.56. The van der Waals surface area contributed by atoms with Crippen LogP contribution < -0.4 is 0 Å². The van der Waals surface area contributed by atoms with Gasteiger partial charge in [0.25, 0.3) is 0 Å². The molecule has 1 saturated carbocycles. The number of hydrogen-bond donors (Lipinski definition) is 1. The van der Waals surface area contributed by atoms with Crippen LogP contribution in [0.25, 0.3) is 0 Å². The number of rotatable bonds is 10. The summed E-state index contributed by atoms with van der Waals surface area (Å²) in [5.74, 6) is 0.784. The van der Waals surface area contributed by atoms with Gasteiger partial charge < -0.3 is 9.84 Å². The first-order valence-electron chi connectivity index (χ1n) is 8.62. The molecule has 4 heteroatoms. The van der Waals surface area contributed by atoms with Gasteiger partial charge in [-0.15, -0.1) is 0 Å². The fraction of sp³-hybridized carbons (Fsp3) is 1.00. The minimum atomic E-state index is 0.277. The Bertz CT molecular complexity index is 257. The van der Waals surface area contributed by atoms with E-state index in [0.717, 1.165) is 22.9 Å². The highest BCUT2D eigenvalue weighted by molar-refractivity contribution is 14.1. The van der Waals surface area contributed by atoms with Crippen LogP contribution in [0.1, 0.15) is 58.8 Å². The molecule has 1 aliphatic rings. The molecular weight excluding hydrogens is 377 g/mol. The summed E-state index contributed by atoms with van der Waals surface area (Å²) in [7, 11) is 1.83. The molecule has 0 aromatic rings. The average Bonchev–Trinajstić information content (AvgIpc) is 2.52.